The molecule has 2 aromatic rings. The zero-order valence-electron chi connectivity index (χ0n) is 13.4. The van der Waals surface area contributed by atoms with Crippen molar-refractivity contribution in [1.82, 2.24) is 25.0 Å². The largest absolute Gasteiger partial charge is 0.332 e. The fraction of sp³-hybridized carbons (Fsp3) is 0.438. The van der Waals surface area contributed by atoms with Crippen molar-refractivity contribution in [2.75, 3.05) is 18.1 Å². The van der Waals surface area contributed by atoms with Gasteiger partial charge in [0.15, 0.2) is 0 Å². The summed E-state index contributed by atoms with van der Waals surface area (Å²) in [5.41, 5.74) is 2.92. The molecule has 122 valence electrons. The molecule has 1 aliphatic rings. The Morgan fingerprint density at radius 1 is 1.48 bits per heavy atom. The summed E-state index contributed by atoms with van der Waals surface area (Å²) in [7, 11) is 1.90. The third kappa shape index (κ3) is 3.85. The lowest BCUT2D eigenvalue weighted by atomic mass is 10.1. The Morgan fingerprint density at radius 2 is 2.35 bits per heavy atom. The second-order valence-electron chi connectivity index (χ2n) is 5.66. The van der Waals surface area contributed by atoms with E-state index in [0.29, 0.717) is 6.54 Å². The summed E-state index contributed by atoms with van der Waals surface area (Å²) in [6.45, 7) is 3.15. The highest BCUT2D eigenvalue weighted by atomic mass is 32.2. The minimum Gasteiger partial charge on any atom is -0.332 e. The number of carbonyl (C=O) groups excluding carboxylic acids is 1. The van der Waals surface area contributed by atoms with Crippen LogP contribution in [0.25, 0.3) is 0 Å². The Labute approximate surface area is 140 Å². The average Bonchev–Trinajstić information content (AvgIpc) is 2.99. The smallest absolute Gasteiger partial charge is 0.318 e. The molecule has 1 atom stereocenters. The van der Waals surface area contributed by atoms with E-state index in [4.69, 9.17) is 0 Å². The topological polar surface area (TPSA) is 63.1 Å². The van der Waals surface area contributed by atoms with E-state index >= 15 is 0 Å². The van der Waals surface area contributed by atoms with E-state index in [1.54, 1.807) is 4.68 Å². The van der Waals surface area contributed by atoms with Crippen LogP contribution in [0.1, 0.15) is 23.0 Å². The van der Waals surface area contributed by atoms with Crippen molar-refractivity contribution >= 4 is 17.8 Å². The number of thioether (sulfide) groups is 1. The summed E-state index contributed by atoms with van der Waals surface area (Å²) < 4.78 is 1.78. The van der Waals surface area contributed by atoms with Crippen LogP contribution in [0.5, 0.6) is 0 Å². The van der Waals surface area contributed by atoms with Crippen molar-refractivity contribution < 1.29 is 4.79 Å². The first-order valence-electron chi connectivity index (χ1n) is 7.67. The summed E-state index contributed by atoms with van der Waals surface area (Å²) in [4.78, 5) is 18.9. The molecule has 0 aliphatic carbocycles. The van der Waals surface area contributed by atoms with Gasteiger partial charge in [0, 0.05) is 42.6 Å². The molecule has 1 aliphatic heterocycles. The van der Waals surface area contributed by atoms with E-state index in [-0.39, 0.29) is 12.1 Å². The molecule has 2 amide bonds. The first kappa shape index (κ1) is 15.9. The highest BCUT2D eigenvalue weighted by molar-refractivity contribution is 7.99. The number of urea groups is 1. The molecule has 0 spiro atoms. The minimum atomic E-state index is -0.0394. The van der Waals surface area contributed by atoms with Gasteiger partial charge in [0.1, 0.15) is 0 Å². The molecule has 1 unspecified atom stereocenters. The Hall–Kier alpha value is -2.02. The number of nitrogens with one attached hydrogen (secondary N) is 1. The van der Waals surface area contributed by atoms with Crippen LogP contribution in [-0.2, 0) is 13.6 Å². The normalized spacial score (nSPS) is 18.0. The van der Waals surface area contributed by atoms with E-state index in [1.807, 2.05) is 61.2 Å². The van der Waals surface area contributed by atoms with Crippen molar-refractivity contribution in [1.29, 1.82) is 0 Å². The van der Waals surface area contributed by atoms with Crippen LogP contribution in [0.3, 0.4) is 0 Å². The first-order valence-corrected chi connectivity index (χ1v) is 8.82. The lowest BCUT2D eigenvalue weighted by Gasteiger charge is -2.34. The van der Waals surface area contributed by atoms with Crippen LogP contribution in [0.2, 0.25) is 0 Å². The van der Waals surface area contributed by atoms with E-state index in [2.05, 4.69) is 15.4 Å². The van der Waals surface area contributed by atoms with Gasteiger partial charge in [-0.3, -0.25) is 9.67 Å². The van der Waals surface area contributed by atoms with Gasteiger partial charge in [0.05, 0.1) is 24.5 Å². The van der Waals surface area contributed by atoms with Gasteiger partial charge in [0.25, 0.3) is 0 Å². The first-order chi connectivity index (χ1) is 11.1. The van der Waals surface area contributed by atoms with Gasteiger partial charge in [-0.05, 0) is 19.1 Å². The maximum atomic E-state index is 12.6. The fourth-order valence-electron chi connectivity index (χ4n) is 2.70. The van der Waals surface area contributed by atoms with Crippen molar-refractivity contribution in [2.45, 2.75) is 19.5 Å². The monoisotopic (exact) mass is 331 g/mol. The van der Waals surface area contributed by atoms with E-state index in [1.165, 1.54) is 0 Å². The fourth-order valence-corrected chi connectivity index (χ4v) is 3.79. The van der Waals surface area contributed by atoms with Gasteiger partial charge in [0.2, 0.25) is 0 Å². The van der Waals surface area contributed by atoms with Crippen LogP contribution in [0.15, 0.2) is 30.6 Å². The Bertz CT molecular complexity index is 687. The molecule has 0 saturated carbocycles. The maximum Gasteiger partial charge on any atom is 0.318 e. The Morgan fingerprint density at radius 3 is 3.09 bits per heavy atom. The zero-order chi connectivity index (χ0) is 16.2. The van der Waals surface area contributed by atoms with E-state index in [9.17, 15) is 4.79 Å². The second kappa shape index (κ2) is 7.04. The molecule has 7 heteroatoms. The van der Waals surface area contributed by atoms with Crippen molar-refractivity contribution in [3.8, 4) is 0 Å². The minimum absolute atomic E-state index is 0.0394. The van der Waals surface area contributed by atoms with Crippen LogP contribution in [0, 0.1) is 6.92 Å². The van der Waals surface area contributed by atoms with Crippen molar-refractivity contribution in [3.05, 3.63) is 47.5 Å². The van der Waals surface area contributed by atoms with Gasteiger partial charge >= 0.3 is 6.03 Å². The van der Waals surface area contributed by atoms with E-state index in [0.717, 1.165) is 35.0 Å². The van der Waals surface area contributed by atoms with Crippen molar-refractivity contribution in [3.63, 3.8) is 0 Å². The molecular weight excluding hydrogens is 310 g/mol. The standard InChI is InChI=1S/C16H21N5OS/c1-12-4-3-5-14(19-12)9-17-16(22)21-6-7-23-11-15(21)13-8-18-20(2)10-13/h3-5,8,10,15H,6-7,9,11H2,1-2H3,(H,17,22). The predicted octanol–water partition coefficient (Wildman–Crippen LogP) is 2.12. The molecule has 3 rings (SSSR count). The summed E-state index contributed by atoms with van der Waals surface area (Å²) in [6, 6.07) is 5.87. The molecule has 0 aromatic carbocycles. The number of aromatic nitrogens is 3. The molecular formula is C16H21N5OS. The zero-order valence-corrected chi connectivity index (χ0v) is 14.2. The van der Waals surface area contributed by atoms with Gasteiger partial charge in [-0.15, -0.1) is 0 Å². The molecule has 2 aromatic heterocycles. The Kier molecular flexibility index (Phi) is 4.85. The number of amides is 2. The molecule has 6 nitrogen and oxygen atoms in total. The molecule has 23 heavy (non-hydrogen) atoms. The molecule has 1 fully saturated rings. The lowest BCUT2D eigenvalue weighted by molar-refractivity contribution is 0.182. The summed E-state index contributed by atoms with van der Waals surface area (Å²) in [6.07, 6.45) is 3.83. The molecule has 0 radical (unpaired) electrons. The number of nitrogens with zero attached hydrogens (tertiary/aromatic N) is 4. The van der Waals surface area contributed by atoms with Gasteiger partial charge < -0.3 is 10.2 Å². The predicted molar refractivity (Wildman–Crippen MR) is 91.2 cm³/mol. The average molecular weight is 331 g/mol. The van der Waals surface area contributed by atoms with Gasteiger partial charge in [-0.1, -0.05) is 6.07 Å². The number of rotatable bonds is 3. The quantitative estimate of drug-likeness (QED) is 0.936. The van der Waals surface area contributed by atoms with Crippen LogP contribution >= 0.6 is 11.8 Å². The summed E-state index contributed by atoms with van der Waals surface area (Å²) in [5.74, 6) is 1.87. The SMILES string of the molecule is Cc1cccc(CNC(=O)N2CCSCC2c2cnn(C)c2)n1. The Balaban J connectivity index is 1.66. The number of pyridine rings is 1. The highest BCUT2D eigenvalue weighted by Crippen LogP contribution is 2.29. The van der Waals surface area contributed by atoms with Crippen LogP contribution in [-0.4, -0.2) is 43.7 Å². The summed E-state index contributed by atoms with van der Waals surface area (Å²) in [5, 5.41) is 7.22. The molecule has 1 N–H and O–H groups in total. The highest BCUT2D eigenvalue weighted by Gasteiger charge is 2.29. The summed E-state index contributed by atoms with van der Waals surface area (Å²) >= 11 is 1.87. The molecule has 3 heterocycles. The number of carbonyl (C=O) groups is 1. The maximum absolute atomic E-state index is 12.6. The van der Waals surface area contributed by atoms with E-state index < -0.39 is 0 Å². The lowest BCUT2D eigenvalue weighted by Crippen LogP contribution is -2.46. The number of hydrogen-bond donors (Lipinski definition) is 1. The van der Waals surface area contributed by atoms with Crippen LogP contribution in [0.4, 0.5) is 4.79 Å². The number of aryl methyl sites for hydroxylation is 2. The van der Waals surface area contributed by atoms with Gasteiger partial charge in [-0.2, -0.15) is 16.9 Å². The van der Waals surface area contributed by atoms with Gasteiger partial charge in [-0.25, -0.2) is 4.79 Å². The number of hydrogen-bond acceptors (Lipinski definition) is 4. The van der Waals surface area contributed by atoms with Crippen LogP contribution < -0.4 is 5.32 Å². The van der Waals surface area contributed by atoms with Crippen molar-refractivity contribution in [2.24, 2.45) is 7.05 Å². The second-order valence-corrected chi connectivity index (χ2v) is 6.81. The molecule has 0 bridgehead atoms. The molecule has 1 saturated heterocycles. The third-order valence-corrected chi connectivity index (χ3v) is 4.89. The third-order valence-electron chi connectivity index (χ3n) is 3.87.